The summed E-state index contributed by atoms with van der Waals surface area (Å²) in [5.74, 6) is 0.603. The van der Waals surface area contributed by atoms with Crippen LogP contribution in [-0.4, -0.2) is 16.1 Å². The van der Waals surface area contributed by atoms with Crippen molar-refractivity contribution in [1.82, 2.24) is 14.9 Å². The highest BCUT2D eigenvalue weighted by molar-refractivity contribution is 5.19. The molecule has 0 amide bonds. The summed E-state index contributed by atoms with van der Waals surface area (Å²) in [7, 11) is 0. The predicted octanol–water partition coefficient (Wildman–Crippen LogP) is 3.65. The number of rotatable bonds is 8. The molecule has 0 bridgehead atoms. The molecular weight excluding hydrogens is 246 g/mol. The molecule has 1 unspecified atom stereocenters. The van der Waals surface area contributed by atoms with Crippen molar-refractivity contribution in [3.8, 4) is 0 Å². The molecule has 2 aromatic rings. The first-order chi connectivity index (χ1) is 9.77. The van der Waals surface area contributed by atoms with E-state index in [0.29, 0.717) is 12.0 Å². The van der Waals surface area contributed by atoms with Crippen LogP contribution in [0.25, 0.3) is 0 Å². The lowest BCUT2D eigenvalue weighted by Crippen LogP contribution is -2.26. The van der Waals surface area contributed by atoms with Gasteiger partial charge in [0, 0.05) is 25.0 Å². The van der Waals surface area contributed by atoms with Gasteiger partial charge in [0.15, 0.2) is 0 Å². The molecule has 108 valence electrons. The Labute approximate surface area is 122 Å². The summed E-state index contributed by atoms with van der Waals surface area (Å²) >= 11 is 0. The quantitative estimate of drug-likeness (QED) is 0.743. The lowest BCUT2D eigenvalue weighted by atomic mass is 9.96. The molecule has 0 fully saturated rings. The van der Waals surface area contributed by atoms with Crippen molar-refractivity contribution < 1.29 is 0 Å². The van der Waals surface area contributed by atoms with Gasteiger partial charge in [-0.3, -0.25) is 0 Å². The van der Waals surface area contributed by atoms with Crippen LogP contribution in [0, 0.1) is 5.92 Å². The van der Waals surface area contributed by atoms with Crippen LogP contribution in [0.5, 0.6) is 0 Å². The fourth-order valence-electron chi connectivity index (χ4n) is 2.49. The monoisotopic (exact) mass is 271 g/mol. The summed E-state index contributed by atoms with van der Waals surface area (Å²) in [4.78, 5) is 4.06. The predicted molar refractivity (Wildman–Crippen MR) is 83.5 cm³/mol. The molecule has 1 aromatic heterocycles. The Morgan fingerprint density at radius 3 is 2.60 bits per heavy atom. The largest absolute Gasteiger partial charge is 0.337 e. The topological polar surface area (TPSA) is 29.9 Å². The second-order valence-corrected chi connectivity index (χ2v) is 5.59. The minimum atomic E-state index is 0.449. The number of unbranched alkanes of at least 4 members (excludes halogenated alkanes) is 1. The molecule has 0 spiro atoms. The zero-order chi connectivity index (χ0) is 14.2. The maximum Gasteiger partial charge on any atom is 0.0945 e. The first-order valence-corrected chi connectivity index (χ1v) is 7.51. The van der Waals surface area contributed by atoms with Crippen molar-refractivity contribution in [1.29, 1.82) is 0 Å². The van der Waals surface area contributed by atoms with Crippen LogP contribution in [0.2, 0.25) is 0 Å². The van der Waals surface area contributed by atoms with Gasteiger partial charge in [-0.25, -0.2) is 4.98 Å². The minimum Gasteiger partial charge on any atom is -0.337 e. The SMILES string of the molecule is CC(C)C(NCCCCn1ccnc1)c1ccccc1. The first-order valence-electron chi connectivity index (χ1n) is 7.51. The Morgan fingerprint density at radius 1 is 1.15 bits per heavy atom. The number of benzene rings is 1. The zero-order valence-corrected chi connectivity index (χ0v) is 12.5. The van der Waals surface area contributed by atoms with Gasteiger partial charge in [-0.15, -0.1) is 0 Å². The average Bonchev–Trinajstić information content (AvgIpc) is 2.96. The van der Waals surface area contributed by atoms with Gasteiger partial charge in [-0.2, -0.15) is 0 Å². The molecule has 0 saturated heterocycles. The van der Waals surface area contributed by atoms with E-state index in [1.807, 2.05) is 18.7 Å². The van der Waals surface area contributed by atoms with Crippen molar-refractivity contribution in [3.63, 3.8) is 0 Å². The molecule has 2 rings (SSSR count). The summed E-state index contributed by atoms with van der Waals surface area (Å²) in [6, 6.07) is 11.2. The Bertz CT molecular complexity index is 462. The first kappa shape index (κ1) is 14.8. The third-order valence-electron chi connectivity index (χ3n) is 3.59. The van der Waals surface area contributed by atoms with Gasteiger partial charge in [0.25, 0.3) is 0 Å². The third-order valence-corrected chi connectivity index (χ3v) is 3.59. The van der Waals surface area contributed by atoms with E-state index in [4.69, 9.17) is 0 Å². The summed E-state index contributed by atoms with van der Waals surface area (Å²) < 4.78 is 2.14. The zero-order valence-electron chi connectivity index (χ0n) is 12.5. The standard InChI is InChI=1S/C17H25N3/c1-15(2)17(16-8-4-3-5-9-16)19-10-6-7-12-20-13-11-18-14-20/h3-5,8-9,11,13-15,17,19H,6-7,10,12H2,1-2H3. The number of nitrogens with one attached hydrogen (secondary N) is 1. The Kier molecular flexibility index (Phi) is 5.81. The fourth-order valence-corrected chi connectivity index (χ4v) is 2.49. The van der Waals surface area contributed by atoms with Gasteiger partial charge in [0.1, 0.15) is 0 Å². The molecule has 1 N–H and O–H groups in total. The molecule has 3 heteroatoms. The number of hydrogen-bond donors (Lipinski definition) is 1. The van der Waals surface area contributed by atoms with Crippen LogP contribution < -0.4 is 5.32 Å². The van der Waals surface area contributed by atoms with Gasteiger partial charge in [0.2, 0.25) is 0 Å². The van der Waals surface area contributed by atoms with E-state index in [9.17, 15) is 0 Å². The van der Waals surface area contributed by atoms with Gasteiger partial charge in [-0.05, 0) is 30.9 Å². The summed E-state index contributed by atoms with van der Waals surface area (Å²) in [6.07, 6.45) is 8.11. The number of imidazole rings is 1. The molecule has 3 nitrogen and oxygen atoms in total. The molecule has 1 heterocycles. The Hall–Kier alpha value is -1.61. The second-order valence-electron chi connectivity index (χ2n) is 5.59. The van der Waals surface area contributed by atoms with E-state index in [2.05, 4.69) is 59.0 Å². The molecule has 0 aliphatic rings. The smallest absolute Gasteiger partial charge is 0.0945 e. The van der Waals surface area contributed by atoms with E-state index >= 15 is 0 Å². The molecule has 1 atom stereocenters. The molecular formula is C17H25N3. The summed E-state index contributed by atoms with van der Waals surface area (Å²) in [6.45, 7) is 6.66. The molecule has 0 saturated carbocycles. The fraction of sp³-hybridized carbons (Fsp3) is 0.471. The normalized spacial score (nSPS) is 12.8. The van der Waals surface area contributed by atoms with Crippen molar-refractivity contribution in [2.45, 2.75) is 39.3 Å². The van der Waals surface area contributed by atoms with Crippen LogP contribution >= 0.6 is 0 Å². The number of aromatic nitrogens is 2. The minimum absolute atomic E-state index is 0.449. The van der Waals surface area contributed by atoms with Crippen LogP contribution in [-0.2, 0) is 6.54 Å². The van der Waals surface area contributed by atoms with Gasteiger partial charge < -0.3 is 9.88 Å². The molecule has 0 aliphatic carbocycles. The van der Waals surface area contributed by atoms with Crippen LogP contribution in [0.15, 0.2) is 49.1 Å². The molecule has 1 aromatic carbocycles. The highest BCUT2D eigenvalue weighted by atomic mass is 15.0. The van der Waals surface area contributed by atoms with Gasteiger partial charge in [0.05, 0.1) is 6.33 Å². The number of hydrogen-bond acceptors (Lipinski definition) is 2. The summed E-state index contributed by atoms with van der Waals surface area (Å²) in [5, 5.41) is 3.69. The number of nitrogens with zero attached hydrogens (tertiary/aromatic N) is 2. The lowest BCUT2D eigenvalue weighted by Gasteiger charge is -2.23. The van der Waals surface area contributed by atoms with Crippen molar-refractivity contribution in [2.24, 2.45) is 5.92 Å². The molecule has 20 heavy (non-hydrogen) atoms. The third kappa shape index (κ3) is 4.49. The Morgan fingerprint density at radius 2 is 1.95 bits per heavy atom. The maximum absolute atomic E-state index is 4.06. The lowest BCUT2D eigenvalue weighted by molar-refractivity contribution is 0.404. The molecule has 0 radical (unpaired) electrons. The van der Waals surface area contributed by atoms with Crippen molar-refractivity contribution >= 4 is 0 Å². The number of aryl methyl sites for hydroxylation is 1. The highest BCUT2D eigenvalue weighted by Gasteiger charge is 2.13. The van der Waals surface area contributed by atoms with Crippen molar-refractivity contribution in [2.75, 3.05) is 6.54 Å². The Balaban J connectivity index is 1.73. The van der Waals surface area contributed by atoms with Gasteiger partial charge >= 0.3 is 0 Å². The summed E-state index contributed by atoms with van der Waals surface area (Å²) in [5.41, 5.74) is 1.39. The van der Waals surface area contributed by atoms with E-state index in [1.165, 1.54) is 18.4 Å². The van der Waals surface area contributed by atoms with E-state index in [0.717, 1.165) is 13.1 Å². The van der Waals surface area contributed by atoms with E-state index in [-0.39, 0.29) is 0 Å². The van der Waals surface area contributed by atoms with Crippen LogP contribution in [0.3, 0.4) is 0 Å². The maximum atomic E-state index is 4.06. The molecule has 0 aliphatic heterocycles. The van der Waals surface area contributed by atoms with E-state index in [1.54, 1.807) is 0 Å². The van der Waals surface area contributed by atoms with Crippen molar-refractivity contribution in [3.05, 3.63) is 54.6 Å². The van der Waals surface area contributed by atoms with Gasteiger partial charge in [-0.1, -0.05) is 44.2 Å². The van der Waals surface area contributed by atoms with E-state index < -0.39 is 0 Å². The van der Waals surface area contributed by atoms with Crippen LogP contribution in [0.4, 0.5) is 0 Å². The highest BCUT2D eigenvalue weighted by Crippen LogP contribution is 2.21. The van der Waals surface area contributed by atoms with Crippen LogP contribution in [0.1, 0.15) is 38.3 Å². The second kappa shape index (κ2) is 7.85. The average molecular weight is 271 g/mol.